The van der Waals surface area contributed by atoms with E-state index < -0.39 is 5.97 Å². The molecule has 0 radical (unpaired) electrons. The topological polar surface area (TPSA) is 99.1 Å². The van der Waals surface area contributed by atoms with E-state index in [-0.39, 0.29) is 29.0 Å². The van der Waals surface area contributed by atoms with Crippen molar-refractivity contribution in [3.8, 4) is 11.5 Å². The first-order valence-corrected chi connectivity index (χ1v) is 9.92. The summed E-state index contributed by atoms with van der Waals surface area (Å²) in [7, 11) is 3.40. The molecular formula is C23H30N2O5. The summed E-state index contributed by atoms with van der Waals surface area (Å²) < 4.78 is 4.72. The summed E-state index contributed by atoms with van der Waals surface area (Å²) in [5.41, 5.74) is 3.31. The van der Waals surface area contributed by atoms with Crippen LogP contribution >= 0.6 is 0 Å². The van der Waals surface area contributed by atoms with Crippen molar-refractivity contribution in [3.05, 3.63) is 53.1 Å². The van der Waals surface area contributed by atoms with Crippen LogP contribution in [0.4, 0.5) is 5.69 Å². The van der Waals surface area contributed by atoms with Crippen molar-refractivity contribution >= 4 is 17.6 Å². The number of carboxylic acid groups (broad SMARTS) is 1. The van der Waals surface area contributed by atoms with Gasteiger partial charge < -0.3 is 20.3 Å². The number of phenols is 1. The Morgan fingerprint density at radius 1 is 1.13 bits per heavy atom. The van der Waals surface area contributed by atoms with Crippen molar-refractivity contribution in [2.45, 2.75) is 39.2 Å². The molecule has 2 aromatic carbocycles. The standard InChI is InChI=1S/C15H22N2O.C8H8O4/c1-11-7-6-8-12(2)14(11)16-15(18)13-9-4-5-10-17(13)3;1-12-7-4-5(8(10)11)2-3-6(7)9/h6-8,13H,4-5,9-10H2,1-3H3,(H,16,18);2-4,9H,1H3,(H,10,11). The summed E-state index contributed by atoms with van der Waals surface area (Å²) in [4.78, 5) is 24.9. The molecule has 1 amide bonds. The number of anilines is 1. The molecule has 1 unspecified atom stereocenters. The molecule has 1 aliphatic rings. The van der Waals surface area contributed by atoms with E-state index in [4.69, 9.17) is 14.9 Å². The number of benzene rings is 2. The first-order valence-electron chi connectivity index (χ1n) is 9.92. The summed E-state index contributed by atoms with van der Waals surface area (Å²) in [6.45, 7) is 5.09. The Hall–Kier alpha value is -3.06. The van der Waals surface area contributed by atoms with Gasteiger partial charge >= 0.3 is 5.97 Å². The van der Waals surface area contributed by atoms with Crippen molar-refractivity contribution in [2.75, 3.05) is 26.0 Å². The van der Waals surface area contributed by atoms with E-state index in [0.29, 0.717) is 0 Å². The van der Waals surface area contributed by atoms with Crippen LogP contribution in [0.15, 0.2) is 36.4 Å². The normalized spacial score (nSPS) is 16.2. The lowest BCUT2D eigenvalue weighted by Gasteiger charge is -2.31. The number of ether oxygens (including phenoxy) is 1. The van der Waals surface area contributed by atoms with Crippen LogP contribution in [0.3, 0.4) is 0 Å². The van der Waals surface area contributed by atoms with E-state index in [1.807, 2.05) is 39.1 Å². The van der Waals surface area contributed by atoms with Gasteiger partial charge in [0.15, 0.2) is 11.5 Å². The molecule has 0 aromatic heterocycles. The molecule has 0 bridgehead atoms. The molecule has 1 saturated heterocycles. The molecule has 30 heavy (non-hydrogen) atoms. The molecular weight excluding hydrogens is 384 g/mol. The van der Waals surface area contributed by atoms with Crippen LogP contribution < -0.4 is 10.1 Å². The molecule has 3 rings (SSSR count). The number of hydrogen-bond acceptors (Lipinski definition) is 5. The number of carbonyl (C=O) groups excluding carboxylic acids is 1. The number of aromatic hydroxyl groups is 1. The fourth-order valence-corrected chi connectivity index (χ4v) is 3.44. The van der Waals surface area contributed by atoms with E-state index in [2.05, 4.69) is 10.2 Å². The molecule has 2 aromatic rings. The van der Waals surface area contributed by atoms with Gasteiger partial charge in [-0.15, -0.1) is 0 Å². The molecule has 0 aliphatic carbocycles. The molecule has 1 heterocycles. The van der Waals surface area contributed by atoms with Gasteiger partial charge in [-0.1, -0.05) is 24.6 Å². The number of rotatable bonds is 4. The van der Waals surface area contributed by atoms with Gasteiger partial charge in [0.25, 0.3) is 0 Å². The summed E-state index contributed by atoms with van der Waals surface area (Å²) in [5, 5.41) is 20.8. The molecule has 1 fully saturated rings. The highest BCUT2D eigenvalue weighted by Crippen LogP contribution is 2.26. The maximum Gasteiger partial charge on any atom is 0.335 e. The number of para-hydroxylation sites is 1. The molecule has 0 spiro atoms. The SMILES string of the molecule is COc1cc(C(=O)O)ccc1O.Cc1cccc(C)c1NC(=O)C1CCCCN1C. The minimum Gasteiger partial charge on any atom is -0.504 e. The number of carbonyl (C=O) groups is 2. The first-order chi connectivity index (χ1) is 14.2. The van der Waals surface area contributed by atoms with Gasteiger partial charge in [-0.3, -0.25) is 9.69 Å². The highest BCUT2D eigenvalue weighted by Gasteiger charge is 2.26. The summed E-state index contributed by atoms with van der Waals surface area (Å²) >= 11 is 0. The van der Waals surface area contributed by atoms with Crippen molar-refractivity contribution in [2.24, 2.45) is 0 Å². The molecule has 7 nitrogen and oxygen atoms in total. The molecule has 7 heteroatoms. The van der Waals surface area contributed by atoms with E-state index in [1.165, 1.54) is 31.7 Å². The average Bonchev–Trinajstić information content (AvgIpc) is 2.71. The monoisotopic (exact) mass is 414 g/mol. The summed E-state index contributed by atoms with van der Waals surface area (Å²) in [6, 6.07) is 9.96. The van der Waals surface area contributed by atoms with Gasteiger partial charge in [-0.25, -0.2) is 4.79 Å². The Morgan fingerprint density at radius 2 is 1.80 bits per heavy atom. The van der Waals surface area contributed by atoms with Crippen molar-refractivity contribution in [1.82, 2.24) is 4.90 Å². The highest BCUT2D eigenvalue weighted by atomic mass is 16.5. The summed E-state index contributed by atoms with van der Waals surface area (Å²) in [5.74, 6) is -0.819. The lowest BCUT2D eigenvalue weighted by Crippen LogP contribution is -2.44. The Kier molecular flexibility index (Phi) is 8.24. The van der Waals surface area contributed by atoms with Gasteiger partial charge in [0.2, 0.25) is 5.91 Å². The van der Waals surface area contributed by atoms with E-state index in [1.54, 1.807) is 0 Å². The number of likely N-dealkylation sites (N-methyl/N-ethyl adjacent to an activating group) is 1. The third kappa shape index (κ3) is 5.97. The molecule has 3 N–H and O–H groups in total. The Balaban J connectivity index is 0.000000232. The van der Waals surface area contributed by atoms with Crippen LogP contribution in [0.2, 0.25) is 0 Å². The molecule has 162 valence electrons. The lowest BCUT2D eigenvalue weighted by atomic mass is 10.0. The number of amides is 1. The zero-order chi connectivity index (χ0) is 22.3. The fraction of sp³-hybridized carbons (Fsp3) is 0.391. The van der Waals surface area contributed by atoms with E-state index in [0.717, 1.165) is 36.2 Å². The van der Waals surface area contributed by atoms with Crippen LogP contribution in [-0.2, 0) is 4.79 Å². The number of piperidine rings is 1. The highest BCUT2D eigenvalue weighted by molar-refractivity contribution is 5.96. The number of nitrogens with zero attached hydrogens (tertiary/aromatic N) is 1. The second-order valence-electron chi connectivity index (χ2n) is 7.44. The number of aromatic carboxylic acids is 1. The lowest BCUT2D eigenvalue weighted by molar-refractivity contribution is -0.121. The predicted octanol–water partition coefficient (Wildman–Crippen LogP) is 3.83. The van der Waals surface area contributed by atoms with Crippen LogP contribution in [-0.4, -0.2) is 53.7 Å². The molecule has 1 aliphatic heterocycles. The van der Waals surface area contributed by atoms with Crippen molar-refractivity contribution in [1.29, 1.82) is 0 Å². The Labute approximate surface area is 177 Å². The third-order valence-corrected chi connectivity index (χ3v) is 5.23. The van der Waals surface area contributed by atoms with Gasteiger partial charge in [-0.05, 0) is 69.6 Å². The first kappa shape index (κ1) is 23.2. The Bertz CT molecular complexity index is 877. The maximum absolute atomic E-state index is 12.3. The number of hydrogen-bond donors (Lipinski definition) is 3. The second-order valence-corrected chi connectivity index (χ2v) is 7.44. The fourth-order valence-electron chi connectivity index (χ4n) is 3.44. The largest absolute Gasteiger partial charge is 0.504 e. The zero-order valence-corrected chi connectivity index (χ0v) is 17.9. The van der Waals surface area contributed by atoms with Crippen LogP contribution in [0.25, 0.3) is 0 Å². The predicted molar refractivity (Wildman–Crippen MR) is 116 cm³/mol. The number of aryl methyl sites for hydroxylation is 2. The van der Waals surface area contributed by atoms with E-state index in [9.17, 15) is 9.59 Å². The van der Waals surface area contributed by atoms with E-state index >= 15 is 0 Å². The number of nitrogens with one attached hydrogen (secondary N) is 1. The molecule has 0 saturated carbocycles. The van der Waals surface area contributed by atoms with Gasteiger partial charge in [-0.2, -0.15) is 0 Å². The van der Waals surface area contributed by atoms with Crippen LogP contribution in [0.1, 0.15) is 40.7 Å². The Morgan fingerprint density at radius 3 is 2.37 bits per heavy atom. The quantitative estimate of drug-likeness (QED) is 0.703. The minimum absolute atomic E-state index is 0.0257. The number of phenolic OH excluding ortho intramolecular Hbond substituents is 1. The number of carboxylic acids is 1. The van der Waals surface area contributed by atoms with Crippen LogP contribution in [0.5, 0.6) is 11.5 Å². The minimum atomic E-state index is -1.05. The average molecular weight is 415 g/mol. The van der Waals surface area contributed by atoms with Crippen LogP contribution in [0, 0.1) is 13.8 Å². The zero-order valence-electron chi connectivity index (χ0n) is 17.9. The number of methoxy groups -OCH3 is 1. The summed E-state index contributed by atoms with van der Waals surface area (Å²) in [6.07, 6.45) is 3.31. The molecule has 1 atom stereocenters. The smallest absolute Gasteiger partial charge is 0.335 e. The van der Waals surface area contributed by atoms with Gasteiger partial charge in [0, 0.05) is 5.69 Å². The number of likely N-dealkylation sites (tertiary alicyclic amines) is 1. The van der Waals surface area contributed by atoms with Crippen molar-refractivity contribution in [3.63, 3.8) is 0 Å². The third-order valence-electron chi connectivity index (χ3n) is 5.23. The second kappa shape index (κ2) is 10.6. The van der Waals surface area contributed by atoms with Gasteiger partial charge in [0.1, 0.15) is 0 Å². The van der Waals surface area contributed by atoms with Crippen molar-refractivity contribution < 1.29 is 24.5 Å². The van der Waals surface area contributed by atoms with Gasteiger partial charge in [0.05, 0.1) is 18.7 Å². The maximum atomic E-state index is 12.3.